The Hall–Kier alpha value is -3.38. The summed E-state index contributed by atoms with van der Waals surface area (Å²) in [5.74, 6) is 0. The third kappa shape index (κ3) is 6.69. The fourth-order valence-electron chi connectivity index (χ4n) is 4.35. The van der Waals surface area contributed by atoms with Gasteiger partial charge in [0.15, 0.2) is 0 Å². The van der Waals surface area contributed by atoms with E-state index in [0.29, 0.717) is 0 Å². The van der Waals surface area contributed by atoms with Crippen LogP contribution in [0.2, 0.25) is 0 Å². The van der Waals surface area contributed by atoms with Gasteiger partial charge in [-0.1, -0.05) is 42.5 Å². The molecule has 0 fully saturated rings. The van der Waals surface area contributed by atoms with Crippen LogP contribution in [0.5, 0.6) is 0 Å². The Balaban J connectivity index is 0.000000131. The van der Waals surface area contributed by atoms with Crippen molar-refractivity contribution >= 4 is 35.5 Å². The summed E-state index contributed by atoms with van der Waals surface area (Å²) >= 11 is 1.46. The maximum Gasteiger partial charge on any atom is -0.0771 e. The zero-order valence-corrected chi connectivity index (χ0v) is 23.6. The molecule has 0 radical (unpaired) electrons. The third-order valence-corrected chi connectivity index (χ3v) is 7.61. The van der Waals surface area contributed by atoms with Crippen LogP contribution in [0.3, 0.4) is 0 Å². The van der Waals surface area contributed by atoms with Crippen molar-refractivity contribution < 1.29 is 36.6 Å². The van der Waals surface area contributed by atoms with Crippen LogP contribution >= 0.6 is 0 Å². The van der Waals surface area contributed by atoms with Crippen LogP contribution in [-0.4, -0.2) is 3.21 Å². The molecule has 180 valence electrons. The Morgan fingerprint density at radius 2 is 0.892 bits per heavy atom. The van der Waals surface area contributed by atoms with Crippen molar-refractivity contribution in [3.63, 3.8) is 0 Å². The van der Waals surface area contributed by atoms with Gasteiger partial charge in [-0.25, -0.2) is 0 Å². The zero-order chi connectivity index (χ0) is 24.6. The van der Waals surface area contributed by atoms with Gasteiger partial charge in [-0.2, -0.15) is 17.5 Å². The van der Waals surface area contributed by atoms with Crippen molar-refractivity contribution in [3.8, 4) is 0 Å². The van der Waals surface area contributed by atoms with Crippen LogP contribution in [0.4, 0.5) is 0 Å². The monoisotopic (exact) mass is 571 g/mol. The Morgan fingerprint density at radius 3 is 1.41 bits per heavy atom. The smallest absolute Gasteiger partial charge is 0.0771 e. The summed E-state index contributed by atoms with van der Waals surface area (Å²) in [5.41, 5.74) is 2.66. The standard InChI is InChI=1S/C13H9.C13H10.C9H7.ClH.Zr/c1-3-7-12-10(5-1)9-11-6-2-4-8-13(11)12;1-3-7-12(8-4-1)11-13-9-5-2-6-10-13;1-2-5-9-7-3-6-8(9)4-1;;/h1-9H;1-10H;1-7H;1H;/q-1;;-1;;/p-1. The first-order valence-electron chi connectivity index (χ1n) is 12.1. The fourth-order valence-corrected chi connectivity index (χ4v) is 5.17. The van der Waals surface area contributed by atoms with Crippen LogP contribution in [0.25, 0.3) is 32.3 Å². The first kappa shape index (κ1) is 26.7. The number of rotatable bonds is 2. The second-order valence-electron chi connectivity index (χ2n) is 8.58. The quantitative estimate of drug-likeness (QED) is 0.220. The normalized spacial score (nSPS) is 10.0. The molecule has 7 rings (SSSR count). The molecule has 0 N–H and O–H groups in total. The van der Waals surface area contributed by atoms with E-state index < -0.39 is 0 Å². The topological polar surface area (TPSA) is 0 Å². The first-order chi connectivity index (χ1) is 17.8. The molecule has 0 amide bonds. The van der Waals surface area contributed by atoms with E-state index in [2.05, 4.69) is 158 Å². The van der Waals surface area contributed by atoms with Crippen molar-refractivity contribution in [2.45, 2.75) is 0 Å². The molecular weight excluding hydrogens is 547 g/mol. The van der Waals surface area contributed by atoms with Crippen molar-refractivity contribution in [1.82, 2.24) is 0 Å². The maximum atomic E-state index is 2.24. The third-order valence-electron chi connectivity index (χ3n) is 6.20. The Kier molecular flexibility index (Phi) is 9.55. The molecule has 7 aromatic rings. The number of hydrogen-bond donors (Lipinski definition) is 0. The zero-order valence-electron chi connectivity index (χ0n) is 20.4. The van der Waals surface area contributed by atoms with Gasteiger partial charge in [-0.05, 0) is 0 Å². The summed E-state index contributed by atoms with van der Waals surface area (Å²) < 4.78 is 1.42. The van der Waals surface area contributed by atoms with Crippen LogP contribution < -0.4 is 12.4 Å². The number of halogens is 1. The van der Waals surface area contributed by atoms with Crippen LogP contribution in [0.1, 0.15) is 11.1 Å². The molecule has 2 heteroatoms. The first-order valence-corrected chi connectivity index (χ1v) is 13.4. The molecule has 0 aliphatic heterocycles. The average Bonchev–Trinajstić information content (AvgIpc) is 3.59. The van der Waals surface area contributed by atoms with Gasteiger partial charge in [-0.3, -0.25) is 0 Å². The molecular formula is C35H26ClZr-3. The van der Waals surface area contributed by atoms with Gasteiger partial charge in [0, 0.05) is 0 Å². The second-order valence-corrected chi connectivity index (χ2v) is 9.81. The van der Waals surface area contributed by atoms with E-state index >= 15 is 0 Å². The maximum absolute atomic E-state index is 2.24. The summed E-state index contributed by atoms with van der Waals surface area (Å²) in [6.07, 6.45) is 0. The second kappa shape index (κ2) is 13.2. The van der Waals surface area contributed by atoms with Crippen molar-refractivity contribution in [1.29, 1.82) is 0 Å². The molecule has 37 heavy (non-hydrogen) atoms. The summed E-state index contributed by atoms with van der Waals surface area (Å²) in [4.78, 5) is 0. The predicted octanol–water partition coefficient (Wildman–Crippen LogP) is 6.08. The number of hydrogen-bond acceptors (Lipinski definition) is 0. The van der Waals surface area contributed by atoms with Crippen molar-refractivity contribution in [2.24, 2.45) is 0 Å². The molecule has 0 saturated carbocycles. The molecule has 0 saturated heterocycles. The van der Waals surface area contributed by atoms with E-state index in [0.717, 1.165) is 0 Å². The molecule has 0 aliphatic carbocycles. The summed E-state index contributed by atoms with van der Waals surface area (Å²) in [6.45, 7) is 0. The van der Waals surface area contributed by atoms with Crippen LogP contribution in [0.15, 0.2) is 158 Å². The molecule has 0 heterocycles. The molecule has 7 aromatic carbocycles. The summed E-state index contributed by atoms with van der Waals surface area (Å²) in [5, 5.41) is 8.05. The van der Waals surface area contributed by atoms with Gasteiger partial charge in [0.2, 0.25) is 0 Å². The molecule has 0 aliphatic rings. The van der Waals surface area contributed by atoms with E-state index in [4.69, 9.17) is 0 Å². The number of fused-ring (bicyclic) bond motifs is 4. The molecule has 0 unspecified atom stereocenters. The molecule has 0 bridgehead atoms. The molecule has 0 aromatic heterocycles. The van der Waals surface area contributed by atoms with Crippen LogP contribution in [-0.2, 0) is 24.2 Å². The largest absolute Gasteiger partial charge is 0.168 e. The van der Waals surface area contributed by atoms with E-state index in [1.165, 1.54) is 70.9 Å². The Labute approximate surface area is 239 Å². The van der Waals surface area contributed by atoms with Gasteiger partial charge in [0.25, 0.3) is 0 Å². The molecule has 0 spiro atoms. The van der Waals surface area contributed by atoms with E-state index in [1.54, 1.807) is 0 Å². The van der Waals surface area contributed by atoms with Gasteiger partial charge < -0.3 is 12.4 Å². The Bertz CT molecular complexity index is 1570. The fraction of sp³-hybridized carbons (Fsp3) is 0. The van der Waals surface area contributed by atoms with Gasteiger partial charge >= 0.3 is 99.2 Å². The van der Waals surface area contributed by atoms with E-state index in [-0.39, 0.29) is 12.4 Å². The summed E-state index contributed by atoms with van der Waals surface area (Å²) in [6, 6.07) is 55.0. The number of benzene rings is 5. The van der Waals surface area contributed by atoms with E-state index in [9.17, 15) is 0 Å². The predicted molar refractivity (Wildman–Crippen MR) is 153 cm³/mol. The summed E-state index contributed by atoms with van der Waals surface area (Å²) in [7, 11) is 0. The van der Waals surface area contributed by atoms with E-state index in [1.807, 2.05) is 0 Å². The van der Waals surface area contributed by atoms with Crippen LogP contribution in [0, 0.1) is 0 Å². The van der Waals surface area contributed by atoms with Crippen molar-refractivity contribution in [2.75, 3.05) is 0 Å². The van der Waals surface area contributed by atoms with Gasteiger partial charge in [0.1, 0.15) is 0 Å². The SMILES string of the molecule is [Cl-].[Zr]=[C](c1ccccc1)c1ccccc1.c1ccc2[cH-]ccc2c1.c1ccc2c(c1)[cH-]c1ccccc12. The minimum absolute atomic E-state index is 0. The van der Waals surface area contributed by atoms with Gasteiger partial charge in [0.05, 0.1) is 0 Å². The molecule has 0 atom stereocenters. The van der Waals surface area contributed by atoms with Crippen molar-refractivity contribution in [3.05, 3.63) is 169 Å². The minimum Gasteiger partial charge on any atom is -0.168 e. The average molecular weight is 573 g/mol. The molecule has 0 nitrogen and oxygen atoms in total. The minimum atomic E-state index is 0. The Morgan fingerprint density at radius 1 is 0.459 bits per heavy atom. The van der Waals surface area contributed by atoms with Gasteiger partial charge in [-0.15, -0.1) is 69.4 Å².